The van der Waals surface area contributed by atoms with E-state index in [0.717, 1.165) is 0 Å². The van der Waals surface area contributed by atoms with E-state index in [1.54, 1.807) is 62.5 Å². The van der Waals surface area contributed by atoms with Crippen LogP contribution in [0.4, 0.5) is 8.78 Å². The summed E-state index contributed by atoms with van der Waals surface area (Å²) in [6.07, 6.45) is 0.384. The summed E-state index contributed by atoms with van der Waals surface area (Å²) in [5.41, 5.74) is 1.87. The van der Waals surface area contributed by atoms with Crippen LogP contribution in [0.1, 0.15) is 37.9 Å². The number of alkyl halides is 2. The monoisotopic (exact) mass is 557 g/mol. The van der Waals surface area contributed by atoms with Gasteiger partial charge in [-0.05, 0) is 37.5 Å². The lowest BCUT2D eigenvalue weighted by Crippen LogP contribution is -2.55. The number of aliphatic hydroxyl groups excluding tert-OH is 1. The molecule has 39 heavy (non-hydrogen) atoms. The summed E-state index contributed by atoms with van der Waals surface area (Å²) in [6, 6.07) is 9.60. The maximum atomic E-state index is 14.5. The number of pyridine rings is 1. The van der Waals surface area contributed by atoms with Crippen LogP contribution < -0.4 is 10.6 Å². The zero-order valence-corrected chi connectivity index (χ0v) is 22.3. The van der Waals surface area contributed by atoms with Crippen molar-refractivity contribution < 1.29 is 28.3 Å². The maximum absolute atomic E-state index is 14.5. The summed E-state index contributed by atoms with van der Waals surface area (Å²) in [5.74, 6) is -5.69. The molecule has 1 saturated heterocycles. The summed E-state index contributed by atoms with van der Waals surface area (Å²) in [7, 11) is 0. The number of aliphatic hydroxyl groups is 1. The van der Waals surface area contributed by atoms with Crippen molar-refractivity contribution in [3.05, 3.63) is 81.6 Å². The average molecular weight is 558 g/mol. The molecule has 3 amide bonds. The zero-order chi connectivity index (χ0) is 28.2. The maximum Gasteiger partial charge on any atom is 0.267 e. The van der Waals surface area contributed by atoms with Crippen molar-refractivity contribution in [2.24, 2.45) is 0 Å². The topological polar surface area (TPSA) is 125 Å². The van der Waals surface area contributed by atoms with Gasteiger partial charge in [-0.2, -0.15) is 0 Å². The molecule has 0 saturated carbocycles. The Labute approximate surface area is 228 Å². The molecule has 206 valence electrons. The van der Waals surface area contributed by atoms with Crippen molar-refractivity contribution in [3.8, 4) is 0 Å². The van der Waals surface area contributed by atoms with Gasteiger partial charge in [-0.25, -0.2) is 13.8 Å². The third-order valence-electron chi connectivity index (χ3n) is 6.40. The quantitative estimate of drug-likeness (QED) is 0.371. The number of carbonyl (C=O) groups is 3. The molecule has 0 bridgehead atoms. The number of nitrogens with zero attached hydrogens (tertiary/aromatic N) is 3. The van der Waals surface area contributed by atoms with E-state index in [-0.39, 0.29) is 13.0 Å². The largest absolute Gasteiger partial charge is 0.381 e. The van der Waals surface area contributed by atoms with Crippen molar-refractivity contribution in [2.45, 2.75) is 57.3 Å². The number of carbonyl (C=O) groups excluding carboxylic acids is 3. The van der Waals surface area contributed by atoms with Crippen LogP contribution in [0.15, 0.2) is 54.9 Å². The number of amides is 3. The predicted molar refractivity (Wildman–Crippen MR) is 140 cm³/mol. The lowest BCUT2D eigenvalue weighted by Gasteiger charge is -2.30. The molecule has 3 atom stereocenters. The lowest BCUT2D eigenvalue weighted by atomic mass is 9.99. The van der Waals surface area contributed by atoms with Crippen LogP contribution in [-0.2, 0) is 22.6 Å². The molecule has 3 heterocycles. The number of nitrogens with one attached hydrogen (secondary N) is 2. The number of thiazole rings is 1. The second-order valence-electron chi connectivity index (χ2n) is 9.48. The Bertz CT molecular complexity index is 1320. The zero-order valence-electron chi connectivity index (χ0n) is 21.4. The molecule has 3 N–H and O–H groups in total. The van der Waals surface area contributed by atoms with E-state index in [4.69, 9.17) is 0 Å². The molecule has 9 nitrogen and oxygen atoms in total. The smallest absolute Gasteiger partial charge is 0.267 e. The minimum atomic E-state index is -3.32. The molecule has 0 radical (unpaired) electrons. The number of hydrogen-bond acceptors (Lipinski definition) is 7. The summed E-state index contributed by atoms with van der Waals surface area (Å²) in [5, 5.41) is 17.1. The first-order chi connectivity index (χ1) is 18.5. The molecular formula is C27H29F2N5O4S. The first kappa shape index (κ1) is 28.2. The van der Waals surface area contributed by atoms with E-state index >= 15 is 0 Å². The molecule has 4 rings (SSSR count). The summed E-state index contributed by atoms with van der Waals surface area (Å²) >= 11 is 1.17. The number of aryl methyl sites for hydroxylation is 2. The Balaban J connectivity index is 1.54. The number of benzene rings is 1. The Morgan fingerprint density at radius 1 is 1.15 bits per heavy atom. The van der Waals surface area contributed by atoms with Crippen molar-refractivity contribution >= 4 is 29.1 Å². The number of aromatic nitrogens is 2. The van der Waals surface area contributed by atoms with Crippen molar-refractivity contribution in [1.29, 1.82) is 0 Å². The standard InChI is InChI=1S/C27H29F2N5O4S/c1-16-23(39-17(2)32-16)25(37)33-20(11-18-7-4-3-5-8-18)22(35)26(38)34-15-27(28,29)12-21(34)24(36)31-14-19-9-6-10-30-13-19/h3-10,13,20-22,35H,11-12,14-15H2,1-2H3,(H,31,36)(H,33,37)/t20-,21-,22-/m0/s1. The second-order valence-corrected chi connectivity index (χ2v) is 10.7. The van der Waals surface area contributed by atoms with Crippen LogP contribution in [0.25, 0.3) is 0 Å². The minimum Gasteiger partial charge on any atom is -0.381 e. The molecule has 1 fully saturated rings. The van der Waals surface area contributed by atoms with Gasteiger partial charge < -0.3 is 20.6 Å². The fourth-order valence-electron chi connectivity index (χ4n) is 4.52. The van der Waals surface area contributed by atoms with Gasteiger partial charge in [-0.3, -0.25) is 19.4 Å². The second kappa shape index (κ2) is 12.0. The molecule has 1 aliphatic heterocycles. The van der Waals surface area contributed by atoms with Crippen LogP contribution in [0.2, 0.25) is 0 Å². The van der Waals surface area contributed by atoms with Crippen molar-refractivity contribution in [3.63, 3.8) is 0 Å². The molecule has 0 unspecified atom stereocenters. The van der Waals surface area contributed by atoms with Crippen LogP contribution in [0, 0.1) is 13.8 Å². The van der Waals surface area contributed by atoms with Gasteiger partial charge in [0.25, 0.3) is 17.7 Å². The summed E-state index contributed by atoms with van der Waals surface area (Å²) in [6.45, 7) is 2.45. The normalized spacial score (nSPS) is 17.9. The van der Waals surface area contributed by atoms with Gasteiger partial charge in [-0.1, -0.05) is 36.4 Å². The van der Waals surface area contributed by atoms with Gasteiger partial charge in [0, 0.05) is 25.4 Å². The third kappa shape index (κ3) is 7.01. The Hall–Kier alpha value is -3.77. The van der Waals surface area contributed by atoms with Gasteiger partial charge in [0.15, 0.2) is 6.10 Å². The van der Waals surface area contributed by atoms with E-state index < -0.39 is 54.8 Å². The van der Waals surface area contributed by atoms with Crippen LogP contribution in [0.5, 0.6) is 0 Å². The number of rotatable bonds is 9. The molecular weight excluding hydrogens is 528 g/mol. The van der Waals surface area contributed by atoms with E-state index in [0.29, 0.717) is 31.6 Å². The Kier molecular flexibility index (Phi) is 8.66. The van der Waals surface area contributed by atoms with E-state index in [9.17, 15) is 28.3 Å². The van der Waals surface area contributed by atoms with E-state index in [1.165, 1.54) is 17.5 Å². The van der Waals surface area contributed by atoms with E-state index in [2.05, 4.69) is 20.6 Å². The fourth-order valence-corrected chi connectivity index (χ4v) is 5.34. The fraction of sp³-hybridized carbons (Fsp3) is 0.370. The highest BCUT2D eigenvalue weighted by Gasteiger charge is 2.51. The molecule has 1 aliphatic rings. The van der Waals surface area contributed by atoms with Crippen LogP contribution >= 0.6 is 11.3 Å². The Morgan fingerprint density at radius 2 is 1.87 bits per heavy atom. The van der Waals surface area contributed by atoms with Crippen LogP contribution in [0.3, 0.4) is 0 Å². The van der Waals surface area contributed by atoms with E-state index in [1.807, 2.05) is 0 Å². The highest BCUT2D eigenvalue weighted by Crippen LogP contribution is 2.33. The van der Waals surface area contributed by atoms with Gasteiger partial charge in [-0.15, -0.1) is 11.3 Å². The highest BCUT2D eigenvalue weighted by molar-refractivity contribution is 7.13. The molecule has 2 aromatic heterocycles. The van der Waals surface area contributed by atoms with Gasteiger partial charge >= 0.3 is 0 Å². The van der Waals surface area contributed by atoms with Gasteiger partial charge in [0.05, 0.1) is 23.3 Å². The SMILES string of the molecule is Cc1nc(C)c(C(=O)N[C@@H](Cc2ccccc2)[C@H](O)C(=O)N2CC(F)(F)C[C@H]2C(=O)NCc2cccnc2)s1. The first-order valence-corrected chi connectivity index (χ1v) is 13.2. The third-order valence-corrected chi connectivity index (χ3v) is 7.48. The lowest BCUT2D eigenvalue weighted by molar-refractivity contribution is -0.147. The van der Waals surface area contributed by atoms with Gasteiger partial charge in [0.2, 0.25) is 5.91 Å². The number of halogens is 2. The molecule has 3 aromatic rings. The first-order valence-electron chi connectivity index (χ1n) is 12.4. The summed E-state index contributed by atoms with van der Waals surface area (Å²) < 4.78 is 29.0. The van der Waals surface area contributed by atoms with Crippen molar-refractivity contribution in [1.82, 2.24) is 25.5 Å². The predicted octanol–water partition coefficient (Wildman–Crippen LogP) is 2.41. The molecule has 12 heteroatoms. The number of likely N-dealkylation sites (tertiary alicyclic amines) is 1. The molecule has 0 spiro atoms. The molecule has 1 aromatic carbocycles. The highest BCUT2D eigenvalue weighted by atomic mass is 32.1. The molecule has 0 aliphatic carbocycles. The van der Waals surface area contributed by atoms with Crippen LogP contribution in [-0.4, -0.2) is 68.4 Å². The summed E-state index contributed by atoms with van der Waals surface area (Å²) in [4.78, 5) is 48.6. The minimum absolute atomic E-state index is 0.0413. The van der Waals surface area contributed by atoms with Gasteiger partial charge in [0.1, 0.15) is 10.9 Å². The average Bonchev–Trinajstić information content (AvgIpc) is 3.44. The Morgan fingerprint density at radius 3 is 2.51 bits per heavy atom. The van der Waals surface area contributed by atoms with Crippen molar-refractivity contribution in [2.75, 3.05) is 6.54 Å². The number of hydrogen-bond donors (Lipinski definition) is 3.